The van der Waals surface area contributed by atoms with Crippen LogP contribution in [0.2, 0.25) is 5.02 Å². The highest BCUT2D eigenvalue weighted by atomic mass is 35.5. The van der Waals surface area contributed by atoms with Gasteiger partial charge in [0.25, 0.3) is 0 Å². The summed E-state index contributed by atoms with van der Waals surface area (Å²) in [5.41, 5.74) is 0.417. The van der Waals surface area contributed by atoms with Crippen molar-refractivity contribution in [2.45, 2.75) is 13.0 Å². The Morgan fingerprint density at radius 2 is 2.24 bits per heavy atom. The van der Waals surface area contributed by atoms with Crippen LogP contribution >= 0.6 is 22.9 Å². The molecule has 1 unspecified atom stereocenters. The van der Waals surface area contributed by atoms with Gasteiger partial charge in [-0.15, -0.1) is 11.3 Å². The number of halogens is 2. The van der Waals surface area contributed by atoms with Gasteiger partial charge in [0.05, 0.1) is 17.3 Å². The Balaban J connectivity index is 1.95. The fraction of sp³-hybridized carbons (Fsp3) is 0.267. The second kappa shape index (κ2) is 7.02. The minimum atomic E-state index is -0.429. The lowest BCUT2D eigenvalue weighted by molar-refractivity contribution is -0.117. The highest BCUT2D eigenvalue weighted by molar-refractivity contribution is 7.10. The summed E-state index contributed by atoms with van der Waals surface area (Å²) in [5.74, 6) is -0.615. The first-order valence-corrected chi connectivity index (χ1v) is 7.71. The smallest absolute Gasteiger partial charge is 0.238 e. The molecule has 1 atom stereocenters. The molecule has 1 heterocycles. The Hall–Kier alpha value is -1.43. The number of amides is 1. The number of rotatable bonds is 5. The molecule has 0 aliphatic carbocycles. The number of likely N-dealkylation sites (N-methyl/N-ethyl adjacent to an activating group) is 1. The van der Waals surface area contributed by atoms with Gasteiger partial charge in [0, 0.05) is 10.9 Å². The van der Waals surface area contributed by atoms with E-state index >= 15 is 0 Å². The molecule has 0 spiro atoms. The Bertz CT molecular complexity index is 618. The van der Waals surface area contributed by atoms with Crippen LogP contribution in [0.3, 0.4) is 0 Å². The molecule has 6 heteroatoms. The van der Waals surface area contributed by atoms with E-state index in [0.29, 0.717) is 5.69 Å². The van der Waals surface area contributed by atoms with Crippen molar-refractivity contribution in [3.8, 4) is 0 Å². The Morgan fingerprint density at radius 1 is 1.48 bits per heavy atom. The summed E-state index contributed by atoms with van der Waals surface area (Å²) in [5, 5.41) is 4.90. The topological polar surface area (TPSA) is 32.3 Å². The van der Waals surface area contributed by atoms with Gasteiger partial charge in [-0.3, -0.25) is 9.69 Å². The Kier molecular flexibility index (Phi) is 5.33. The number of thiophene rings is 1. The minimum absolute atomic E-state index is 0.152. The van der Waals surface area contributed by atoms with Crippen molar-refractivity contribution in [2.24, 2.45) is 0 Å². The Morgan fingerprint density at radius 3 is 2.86 bits per heavy atom. The number of hydrogen-bond donors (Lipinski definition) is 1. The van der Waals surface area contributed by atoms with Gasteiger partial charge >= 0.3 is 0 Å². The molecule has 1 aromatic carbocycles. The molecule has 1 N–H and O–H groups in total. The molecule has 1 amide bonds. The van der Waals surface area contributed by atoms with Gasteiger partial charge in [0.1, 0.15) is 5.82 Å². The second-order valence-corrected chi connectivity index (χ2v) is 6.17. The largest absolute Gasteiger partial charge is 0.324 e. The van der Waals surface area contributed by atoms with Crippen LogP contribution in [-0.4, -0.2) is 24.4 Å². The maximum Gasteiger partial charge on any atom is 0.238 e. The molecule has 0 radical (unpaired) electrons. The average Bonchev–Trinajstić information content (AvgIpc) is 2.95. The zero-order valence-corrected chi connectivity index (χ0v) is 13.3. The minimum Gasteiger partial charge on any atom is -0.324 e. The third-order valence-corrected chi connectivity index (χ3v) is 4.57. The molecule has 21 heavy (non-hydrogen) atoms. The van der Waals surface area contributed by atoms with Gasteiger partial charge in [-0.05, 0) is 43.6 Å². The van der Waals surface area contributed by atoms with Gasteiger partial charge in [0.15, 0.2) is 0 Å². The lowest BCUT2D eigenvalue weighted by Crippen LogP contribution is -2.32. The first kappa shape index (κ1) is 15.9. The highest BCUT2D eigenvalue weighted by Crippen LogP contribution is 2.24. The lowest BCUT2D eigenvalue weighted by atomic mass is 10.2. The molecular formula is C15H16ClFN2OS. The van der Waals surface area contributed by atoms with Crippen LogP contribution in [0.25, 0.3) is 0 Å². The molecule has 1 aromatic heterocycles. The van der Waals surface area contributed by atoms with Crippen LogP contribution in [0.1, 0.15) is 17.8 Å². The van der Waals surface area contributed by atoms with Crippen molar-refractivity contribution < 1.29 is 9.18 Å². The zero-order valence-electron chi connectivity index (χ0n) is 11.8. The number of benzene rings is 1. The van der Waals surface area contributed by atoms with Crippen molar-refractivity contribution >= 4 is 34.5 Å². The molecule has 2 aromatic rings. The summed E-state index contributed by atoms with van der Waals surface area (Å²) >= 11 is 7.55. The molecule has 112 valence electrons. The molecule has 0 saturated heterocycles. The maximum absolute atomic E-state index is 13.0. The fourth-order valence-corrected chi connectivity index (χ4v) is 2.95. The molecule has 0 aliphatic rings. The number of anilines is 1. The average molecular weight is 327 g/mol. The molecular weight excluding hydrogens is 311 g/mol. The van der Waals surface area contributed by atoms with Crippen LogP contribution in [-0.2, 0) is 4.79 Å². The van der Waals surface area contributed by atoms with Crippen molar-refractivity contribution in [3.05, 3.63) is 51.4 Å². The van der Waals surface area contributed by atoms with E-state index in [1.54, 1.807) is 11.3 Å². The van der Waals surface area contributed by atoms with Crippen molar-refractivity contribution in [1.82, 2.24) is 4.90 Å². The quantitative estimate of drug-likeness (QED) is 0.894. The maximum atomic E-state index is 13.0. The lowest BCUT2D eigenvalue weighted by Gasteiger charge is -2.23. The number of nitrogens with one attached hydrogen (secondary N) is 1. The first-order valence-electron chi connectivity index (χ1n) is 6.46. The third-order valence-electron chi connectivity index (χ3n) is 3.21. The molecule has 0 bridgehead atoms. The molecule has 0 aliphatic heterocycles. The normalized spacial score (nSPS) is 12.4. The fourth-order valence-electron chi connectivity index (χ4n) is 1.89. The van der Waals surface area contributed by atoms with Crippen LogP contribution in [0.15, 0.2) is 35.7 Å². The molecule has 0 fully saturated rings. The van der Waals surface area contributed by atoms with Crippen LogP contribution in [0.4, 0.5) is 10.1 Å². The summed E-state index contributed by atoms with van der Waals surface area (Å²) in [6, 6.07) is 8.08. The number of carbonyl (C=O) groups is 1. The van der Waals surface area contributed by atoms with Crippen LogP contribution in [0.5, 0.6) is 0 Å². The first-order chi connectivity index (χ1) is 9.97. The van der Waals surface area contributed by atoms with Crippen LogP contribution < -0.4 is 5.32 Å². The summed E-state index contributed by atoms with van der Waals surface area (Å²) in [7, 11) is 1.89. The summed E-state index contributed by atoms with van der Waals surface area (Å²) in [4.78, 5) is 15.2. The van der Waals surface area contributed by atoms with Gasteiger partial charge in [0.2, 0.25) is 5.91 Å². The molecule has 3 nitrogen and oxygen atoms in total. The monoisotopic (exact) mass is 326 g/mol. The van der Waals surface area contributed by atoms with E-state index in [2.05, 4.69) is 5.32 Å². The third kappa shape index (κ3) is 4.27. The standard InChI is InChI=1S/C15H16ClFN2OS/c1-10(14-4-3-7-21-14)19(2)9-15(20)18-13-6-5-11(17)8-12(13)16/h3-8,10H,9H2,1-2H3,(H,18,20). The van der Waals surface area contributed by atoms with E-state index in [0.717, 1.165) is 0 Å². The van der Waals surface area contributed by atoms with Gasteiger partial charge in [-0.25, -0.2) is 4.39 Å². The van der Waals surface area contributed by atoms with Crippen LogP contribution in [0, 0.1) is 5.82 Å². The summed E-state index contributed by atoms with van der Waals surface area (Å²) in [6.45, 7) is 2.27. The van der Waals surface area contributed by atoms with E-state index < -0.39 is 5.82 Å². The number of nitrogens with zero attached hydrogens (tertiary/aromatic N) is 1. The highest BCUT2D eigenvalue weighted by Gasteiger charge is 2.16. The van der Waals surface area contributed by atoms with Crippen molar-refractivity contribution in [2.75, 3.05) is 18.9 Å². The molecule has 2 rings (SSSR count). The zero-order chi connectivity index (χ0) is 15.4. The summed E-state index contributed by atoms with van der Waals surface area (Å²) in [6.07, 6.45) is 0. The number of hydrogen-bond acceptors (Lipinski definition) is 3. The van der Waals surface area contributed by atoms with Gasteiger partial charge < -0.3 is 5.32 Å². The van der Waals surface area contributed by atoms with E-state index in [4.69, 9.17) is 11.6 Å². The SMILES string of the molecule is CC(c1cccs1)N(C)CC(=O)Nc1ccc(F)cc1Cl. The van der Waals surface area contributed by atoms with Crippen molar-refractivity contribution in [3.63, 3.8) is 0 Å². The second-order valence-electron chi connectivity index (χ2n) is 4.78. The predicted molar refractivity (Wildman–Crippen MR) is 85.4 cm³/mol. The molecule has 0 saturated carbocycles. The van der Waals surface area contributed by atoms with E-state index in [1.165, 1.54) is 23.1 Å². The summed E-state index contributed by atoms with van der Waals surface area (Å²) < 4.78 is 13.0. The number of carbonyl (C=O) groups excluding carboxylic acids is 1. The van der Waals surface area contributed by atoms with Crippen molar-refractivity contribution in [1.29, 1.82) is 0 Å². The van der Waals surface area contributed by atoms with E-state index in [1.807, 2.05) is 36.4 Å². The van der Waals surface area contributed by atoms with E-state index in [-0.39, 0.29) is 23.5 Å². The van der Waals surface area contributed by atoms with Gasteiger partial charge in [-0.1, -0.05) is 17.7 Å². The Labute approximate surface area is 132 Å². The predicted octanol–water partition coefficient (Wildman–Crippen LogP) is 4.17. The van der Waals surface area contributed by atoms with E-state index in [9.17, 15) is 9.18 Å². The van der Waals surface area contributed by atoms with Gasteiger partial charge in [-0.2, -0.15) is 0 Å².